The predicted octanol–water partition coefficient (Wildman–Crippen LogP) is 0.979. The summed E-state index contributed by atoms with van der Waals surface area (Å²) in [7, 11) is 0. The molecule has 1 atom stereocenters. The van der Waals surface area contributed by atoms with Gasteiger partial charge in [-0.15, -0.1) is 0 Å². The van der Waals surface area contributed by atoms with Gasteiger partial charge in [-0.05, 0) is 12.8 Å². The Hall–Kier alpha value is -0.940. The third-order valence-electron chi connectivity index (χ3n) is 2.87. The molecule has 16 heavy (non-hydrogen) atoms. The van der Waals surface area contributed by atoms with Crippen LogP contribution in [0.15, 0.2) is 4.52 Å². The molecule has 0 radical (unpaired) electrons. The summed E-state index contributed by atoms with van der Waals surface area (Å²) in [5, 5.41) is 13.3. The van der Waals surface area contributed by atoms with Gasteiger partial charge >= 0.3 is 0 Å². The van der Waals surface area contributed by atoms with E-state index >= 15 is 0 Å². The summed E-state index contributed by atoms with van der Waals surface area (Å²) in [5.74, 6) is 1.47. The van der Waals surface area contributed by atoms with E-state index in [1.165, 1.54) is 0 Å². The van der Waals surface area contributed by atoms with E-state index in [4.69, 9.17) is 4.52 Å². The Morgan fingerprint density at radius 1 is 1.56 bits per heavy atom. The lowest BCUT2D eigenvalue weighted by Crippen LogP contribution is -2.21. The number of aryl methyl sites for hydroxylation is 1. The van der Waals surface area contributed by atoms with E-state index in [-0.39, 0.29) is 6.10 Å². The highest BCUT2D eigenvalue weighted by Gasteiger charge is 2.21. The fourth-order valence-electron chi connectivity index (χ4n) is 1.94. The van der Waals surface area contributed by atoms with Crippen molar-refractivity contribution in [3.05, 3.63) is 11.7 Å². The Morgan fingerprint density at radius 2 is 2.44 bits per heavy atom. The quantitative estimate of drug-likeness (QED) is 0.809. The van der Waals surface area contributed by atoms with Crippen LogP contribution in [0.3, 0.4) is 0 Å². The smallest absolute Gasteiger partial charge is 0.240 e. The van der Waals surface area contributed by atoms with Gasteiger partial charge in [0, 0.05) is 19.5 Å². The molecule has 0 amide bonds. The normalized spacial score (nSPS) is 21.8. The lowest BCUT2D eigenvalue weighted by Gasteiger charge is -2.10. The summed E-state index contributed by atoms with van der Waals surface area (Å²) in [6.07, 6.45) is 3.78. The molecule has 1 saturated heterocycles. The van der Waals surface area contributed by atoms with Crippen molar-refractivity contribution in [3.63, 3.8) is 0 Å². The van der Waals surface area contributed by atoms with Crippen LogP contribution in [0.2, 0.25) is 0 Å². The summed E-state index contributed by atoms with van der Waals surface area (Å²) < 4.78 is 5.17. The van der Waals surface area contributed by atoms with Crippen LogP contribution in [0, 0.1) is 0 Å². The average molecular weight is 225 g/mol. The van der Waals surface area contributed by atoms with Gasteiger partial charge in [0.1, 0.15) is 0 Å². The van der Waals surface area contributed by atoms with Gasteiger partial charge in [-0.2, -0.15) is 4.98 Å². The second-order valence-electron chi connectivity index (χ2n) is 4.39. The summed E-state index contributed by atoms with van der Waals surface area (Å²) in [6, 6.07) is 0. The minimum Gasteiger partial charge on any atom is -0.392 e. The molecule has 5 nitrogen and oxygen atoms in total. The third kappa shape index (κ3) is 3.02. The Balaban J connectivity index is 1.83. The molecular formula is C11H19N3O2. The van der Waals surface area contributed by atoms with Crippen molar-refractivity contribution in [1.82, 2.24) is 15.0 Å². The molecule has 0 saturated carbocycles. The van der Waals surface area contributed by atoms with E-state index in [1.54, 1.807) is 0 Å². The van der Waals surface area contributed by atoms with E-state index in [9.17, 15) is 5.11 Å². The second kappa shape index (κ2) is 5.41. The van der Waals surface area contributed by atoms with Crippen LogP contribution in [0.4, 0.5) is 0 Å². The lowest BCUT2D eigenvalue weighted by atomic mass is 10.2. The standard InChI is InChI=1S/C11H19N3O2/c1-2-3-4-10-12-11(16-13-10)8-14-6-5-9(15)7-14/h9,15H,2-8H2,1H3/t9-/m1/s1. The van der Waals surface area contributed by atoms with Crippen LogP contribution in [0.1, 0.15) is 37.9 Å². The number of β-amino-alcohol motifs (C(OH)–C–C–N with tert-alkyl or cyclic N) is 1. The maximum atomic E-state index is 9.39. The summed E-state index contributed by atoms with van der Waals surface area (Å²) in [4.78, 5) is 6.48. The van der Waals surface area contributed by atoms with Crippen LogP contribution in [0.25, 0.3) is 0 Å². The minimum atomic E-state index is -0.192. The van der Waals surface area contributed by atoms with Crippen molar-refractivity contribution in [2.24, 2.45) is 0 Å². The average Bonchev–Trinajstić information content (AvgIpc) is 2.86. The monoisotopic (exact) mass is 225 g/mol. The van der Waals surface area contributed by atoms with Crippen molar-refractivity contribution >= 4 is 0 Å². The second-order valence-corrected chi connectivity index (χ2v) is 4.39. The minimum absolute atomic E-state index is 0.192. The summed E-state index contributed by atoms with van der Waals surface area (Å²) in [6.45, 7) is 4.43. The van der Waals surface area contributed by atoms with Gasteiger partial charge in [0.2, 0.25) is 5.89 Å². The fourth-order valence-corrected chi connectivity index (χ4v) is 1.94. The molecule has 1 fully saturated rings. The van der Waals surface area contributed by atoms with Gasteiger partial charge in [-0.1, -0.05) is 18.5 Å². The molecule has 0 spiro atoms. The van der Waals surface area contributed by atoms with Crippen LogP contribution in [-0.4, -0.2) is 39.3 Å². The molecule has 1 aliphatic rings. The van der Waals surface area contributed by atoms with Crippen LogP contribution >= 0.6 is 0 Å². The molecule has 90 valence electrons. The third-order valence-corrected chi connectivity index (χ3v) is 2.87. The van der Waals surface area contributed by atoms with E-state index in [0.717, 1.165) is 38.1 Å². The Bertz CT molecular complexity index is 327. The van der Waals surface area contributed by atoms with Gasteiger partial charge in [-0.25, -0.2) is 0 Å². The molecule has 1 N–H and O–H groups in total. The van der Waals surface area contributed by atoms with Crippen LogP contribution in [-0.2, 0) is 13.0 Å². The summed E-state index contributed by atoms with van der Waals surface area (Å²) >= 11 is 0. The number of hydrogen-bond acceptors (Lipinski definition) is 5. The zero-order valence-electron chi connectivity index (χ0n) is 9.72. The van der Waals surface area contributed by atoms with Gasteiger partial charge in [0.25, 0.3) is 0 Å². The summed E-state index contributed by atoms with van der Waals surface area (Å²) in [5.41, 5.74) is 0. The molecular weight excluding hydrogens is 206 g/mol. The largest absolute Gasteiger partial charge is 0.392 e. The zero-order chi connectivity index (χ0) is 11.4. The topological polar surface area (TPSA) is 62.4 Å². The molecule has 0 unspecified atom stereocenters. The van der Waals surface area contributed by atoms with E-state index in [0.29, 0.717) is 19.0 Å². The highest BCUT2D eigenvalue weighted by molar-refractivity contribution is 4.88. The van der Waals surface area contributed by atoms with Crippen molar-refractivity contribution in [2.75, 3.05) is 13.1 Å². The molecule has 2 heterocycles. The number of hydrogen-bond donors (Lipinski definition) is 1. The highest BCUT2D eigenvalue weighted by atomic mass is 16.5. The highest BCUT2D eigenvalue weighted by Crippen LogP contribution is 2.12. The van der Waals surface area contributed by atoms with Crippen molar-refractivity contribution < 1.29 is 9.63 Å². The first-order valence-corrected chi connectivity index (χ1v) is 6.00. The van der Waals surface area contributed by atoms with E-state index in [2.05, 4.69) is 22.0 Å². The number of likely N-dealkylation sites (tertiary alicyclic amines) is 1. The maximum Gasteiger partial charge on any atom is 0.240 e. The molecule has 1 aromatic heterocycles. The predicted molar refractivity (Wildman–Crippen MR) is 58.8 cm³/mol. The fraction of sp³-hybridized carbons (Fsp3) is 0.818. The number of aliphatic hydroxyl groups excluding tert-OH is 1. The number of rotatable bonds is 5. The van der Waals surface area contributed by atoms with Gasteiger partial charge in [0.05, 0.1) is 12.6 Å². The molecule has 0 aromatic carbocycles. The first-order valence-electron chi connectivity index (χ1n) is 6.00. The lowest BCUT2D eigenvalue weighted by molar-refractivity contribution is 0.169. The van der Waals surface area contributed by atoms with Gasteiger partial charge < -0.3 is 9.63 Å². The molecule has 1 aromatic rings. The molecule has 1 aliphatic heterocycles. The number of unbranched alkanes of at least 4 members (excludes halogenated alkanes) is 1. The van der Waals surface area contributed by atoms with Crippen LogP contribution in [0.5, 0.6) is 0 Å². The van der Waals surface area contributed by atoms with Crippen LogP contribution < -0.4 is 0 Å². The zero-order valence-corrected chi connectivity index (χ0v) is 9.72. The molecule has 0 aliphatic carbocycles. The number of aromatic nitrogens is 2. The Kier molecular flexibility index (Phi) is 3.90. The van der Waals surface area contributed by atoms with Gasteiger partial charge in [0.15, 0.2) is 5.82 Å². The Labute approximate surface area is 95.4 Å². The van der Waals surface area contributed by atoms with E-state index < -0.39 is 0 Å². The molecule has 2 rings (SSSR count). The van der Waals surface area contributed by atoms with Crippen molar-refractivity contribution in [2.45, 2.75) is 45.3 Å². The number of aliphatic hydroxyl groups is 1. The van der Waals surface area contributed by atoms with Crippen molar-refractivity contribution in [3.8, 4) is 0 Å². The SMILES string of the molecule is CCCCc1noc(CN2CC[C@@H](O)C2)n1. The van der Waals surface area contributed by atoms with Gasteiger partial charge in [-0.3, -0.25) is 4.90 Å². The number of nitrogens with zero attached hydrogens (tertiary/aromatic N) is 3. The van der Waals surface area contributed by atoms with E-state index in [1.807, 2.05) is 0 Å². The molecule has 0 bridgehead atoms. The van der Waals surface area contributed by atoms with Crippen molar-refractivity contribution in [1.29, 1.82) is 0 Å². The Morgan fingerprint density at radius 3 is 3.12 bits per heavy atom. The first kappa shape index (κ1) is 11.5. The molecule has 5 heteroatoms. The first-order chi connectivity index (χ1) is 7.78. The maximum absolute atomic E-state index is 9.39.